The maximum absolute atomic E-state index is 14.6. The summed E-state index contributed by atoms with van der Waals surface area (Å²) in [7, 11) is 0. The van der Waals surface area contributed by atoms with Crippen LogP contribution < -0.4 is 4.90 Å². The van der Waals surface area contributed by atoms with Gasteiger partial charge in [-0.15, -0.1) is 13.2 Å². The number of aliphatic hydroxyl groups is 1. The van der Waals surface area contributed by atoms with Crippen molar-refractivity contribution in [2.24, 2.45) is 11.8 Å². The van der Waals surface area contributed by atoms with E-state index in [-0.39, 0.29) is 42.9 Å². The van der Waals surface area contributed by atoms with Gasteiger partial charge in [0.25, 0.3) is 5.91 Å². The molecule has 2 aromatic rings. The highest BCUT2D eigenvalue weighted by Gasteiger charge is 2.77. The monoisotopic (exact) mass is 610 g/mol. The fourth-order valence-corrected chi connectivity index (χ4v) is 7.54. The molecule has 40 heavy (non-hydrogen) atoms. The average molecular weight is 612 g/mol. The number of carbonyl (C=O) groups is 3. The average Bonchev–Trinajstić information content (AvgIpc) is 3.54. The highest BCUT2D eigenvalue weighted by Crippen LogP contribution is 2.60. The number of rotatable bonds is 12. The number of ether oxygens (including phenoxy) is 2. The lowest BCUT2D eigenvalue weighted by Crippen LogP contribution is -2.57. The predicted molar refractivity (Wildman–Crippen MR) is 156 cm³/mol. The topological polar surface area (TPSA) is 96.4 Å². The van der Waals surface area contributed by atoms with Crippen molar-refractivity contribution >= 4 is 50.2 Å². The van der Waals surface area contributed by atoms with E-state index >= 15 is 0 Å². The number of unbranched alkanes of at least 4 members (excludes halogenated alkanes) is 1. The number of alkyl halides is 1. The molecule has 8 nitrogen and oxygen atoms in total. The number of hydrogen-bond donors (Lipinski definition) is 1. The van der Waals surface area contributed by atoms with Gasteiger partial charge in [-0.2, -0.15) is 0 Å². The number of carbonyl (C=O) groups excluding carboxylic acids is 3. The van der Waals surface area contributed by atoms with Crippen LogP contribution in [0.4, 0.5) is 5.69 Å². The zero-order chi connectivity index (χ0) is 28.4. The summed E-state index contributed by atoms with van der Waals surface area (Å²) in [5.74, 6) is -2.69. The number of esters is 1. The van der Waals surface area contributed by atoms with Crippen molar-refractivity contribution in [1.29, 1.82) is 0 Å². The van der Waals surface area contributed by atoms with Gasteiger partial charge in [-0.05, 0) is 48.6 Å². The lowest BCUT2D eigenvalue weighted by atomic mass is 9.70. The molecular formula is C31H35BrN2O6. The van der Waals surface area contributed by atoms with Crippen LogP contribution in [0.25, 0.3) is 10.8 Å². The number of fused-ring (bicyclic) bond motifs is 2. The standard InChI is InChI=1S/C31H35BrN2O6/c1-3-5-17-39-30(38)24-25-28(36)34(15-8-9-16-35)27(31(25)19-23(32)26(24)40-31)29(37)33(14-4-2)22-13-12-20-10-6-7-11-21(20)18-22/h3-4,6-7,10-13,18,23-27,35H,1-2,5,8-9,14-17,19H2/t23?,24-,25+,26-,27?,31?/m1/s1. The highest BCUT2D eigenvalue weighted by molar-refractivity contribution is 9.09. The van der Waals surface area contributed by atoms with Crippen molar-refractivity contribution in [3.63, 3.8) is 0 Å². The smallest absolute Gasteiger partial charge is 0.312 e. The van der Waals surface area contributed by atoms with Crippen molar-refractivity contribution in [2.45, 2.75) is 48.3 Å². The van der Waals surface area contributed by atoms with Crippen LogP contribution in [-0.2, 0) is 23.9 Å². The second-order valence-corrected chi connectivity index (χ2v) is 11.8. The molecule has 3 aliphatic rings. The Morgan fingerprint density at radius 3 is 2.67 bits per heavy atom. The SMILES string of the molecule is C=CCCOC(=O)[C@H]1[C@@H]2OC3(CC2Br)C(C(=O)N(CC=C)c2ccc4ccccc4c2)N(CCCCO)C(=O)[C@H]13. The number of anilines is 1. The fraction of sp³-hybridized carbons (Fsp3) is 0.452. The molecule has 0 aromatic heterocycles. The first-order valence-corrected chi connectivity index (χ1v) is 14.7. The van der Waals surface area contributed by atoms with Crippen LogP contribution >= 0.6 is 15.9 Å². The molecule has 3 unspecified atom stereocenters. The molecule has 3 heterocycles. The maximum atomic E-state index is 14.6. The van der Waals surface area contributed by atoms with Gasteiger partial charge in [0.15, 0.2) is 0 Å². The Morgan fingerprint density at radius 2 is 1.95 bits per heavy atom. The molecule has 212 valence electrons. The number of benzene rings is 2. The minimum Gasteiger partial charge on any atom is -0.465 e. The van der Waals surface area contributed by atoms with E-state index in [0.29, 0.717) is 31.4 Å². The summed E-state index contributed by atoms with van der Waals surface area (Å²) in [6.45, 7) is 8.20. The van der Waals surface area contributed by atoms with Gasteiger partial charge in [-0.3, -0.25) is 14.4 Å². The number of halogens is 1. The van der Waals surface area contributed by atoms with Crippen LogP contribution in [-0.4, -0.2) is 76.7 Å². The van der Waals surface area contributed by atoms with Crippen molar-refractivity contribution < 1.29 is 29.0 Å². The fourth-order valence-electron chi connectivity index (χ4n) is 6.60. The molecule has 0 aliphatic carbocycles. The largest absolute Gasteiger partial charge is 0.465 e. The summed E-state index contributed by atoms with van der Waals surface area (Å²) < 4.78 is 12.1. The van der Waals surface area contributed by atoms with E-state index in [4.69, 9.17) is 9.47 Å². The molecule has 2 amide bonds. The van der Waals surface area contributed by atoms with E-state index < -0.39 is 35.6 Å². The molecule has 0 radical (unpaired) electrons. The second-order valence-electron chi connectivity index (χ2n) is 10.6. The Kier molecular flexibility index (Phi) is 8.44. The predicted octanol–water partition coefficient (Wildman–Crippen LogP) is 4.00. The van der Waals surface area contributed by atoms with E-state index in [2.05, 4.69) is 29.1 Å². The van der Waals surface area contributed by atoms with Crippen LogP contribution in [0.1, 0.15) is 25.7 Å². The third-order valence-corrected chi connectivity index (χ3v) is 9.14. The number of hydrogen-bond acceptors (Lipinski definition) is 6. The van der Waals surface area contributed by atoms with Gasteiger partial charge in [0.05, 0.1) is 24.5 Å². The number of nitrogens with zero attached hydrogens (tertiary/aromatic N) is 2. The second kappa shape index (κ2) is 11.8. The molecule has 6 atom stereocenters. The Balaban J connectivity index is 1.54. The van der Waals surface area contributed by atoms with Gasteiger partial charge in [0, 0.05) is 30.2 Å². The van der Waals surface area contributed by atoms with E-state index in [1.54, 1.807) is 22.0 Å². The van der Waals surface area contributed by atoms with E-state index in [9.17, 15) is 19.5 Å². The molecule has 1 N–H and O–H groups in total. The van der Waals surface area contributed by atoms with Gasteiger partial charge in [0.2, 0.25) is 5.91 Å². The van der Waals surface area contributed by atoms with Gasteiger partial charge in [-0.25, -0.2) is 0 Å². The molecular weight excluding hydrogens is 576 g/mol. The maximum Gasteiger partial charge on any atom is 0.312 e. The van der Waals surface area contributed by atoms with Crippen molar-refractivity contribution in [1.82, 2.24) is 4.90 Å². The first kappa shape index (κ1) is 28.5. The summed E-state index contributed by atoms with van der Waals surface area (Å²) in [6.07, 6.45) is 4.67. The number of amides is 2. The van der Waals surface area contributed by atoms with Crippen LogP contribution in [0.15, 0.2) is 67.8 Å². The highest BCUT2D eigenvalue weighted by atomic mass is 79.9. The van der Waals surface area contributed by atoms with Crippen molar-refractivity contribution in [2.75, 3.05) is 31.2 Å². The molecule has 3 saturated heterocycles. The first-order chi connectivity index (χ1) is 19.4. The summed E-state index contributed by atoms with van der Waals surface area (Å²) in [5.41, 5.74) is -0.487. The quantitative estimate of drug-likeness (QED) is 0.169. The Morgan fingerprint density at radius 1 is 1.18 bits per heavy atom. The normalized spacial score (nSPS) is 28.5. The van der Waals surface area contributed by atoms with Gasteiger partial charge in [-0.1, -0.05) is 58.4 Å². The third kappa shape index (κ3) is 4.78. The van der Waals surface area contributed by atoms with Crippen molar-refractivity contribution in [3.05, 3.63) is 67.8 Å². The van der Waals surface area contributed by atoms with Gasteiger partial charge in [0.1, 0.15) is 11.6 Å². The lowest BCUT2D eigenvalue weighted by molar-refractivity contribution is -0.154. The Hall–Kier alpha value is -3.01. The summed E-state index contributed by atoms with van der Waals surface area (Å²) >= 11 is 3.68. The van der Waals surface area contributed by atoms with E-state index in [1.165, 1.54) is 0 Å². The number of aliphatic hydroxyl groups excluding tert-OH is 1. The van der Waals surface area contributed by atoms with Crippen LogP contribution in [0.3, 0.4) is 0 Å². The first-order valence-electron chi connectivity index (χ1n) is 13.8. The van der Waals surface area contributed by atoms with E-state index in [0.717, 1.165) is 10.8 Å². The summed E-state index contributed by atoms with van der Waals surface area (Å²) in [5, 5.41) is 11.4. The minimum absolute atomic E-state index is 0.0187. The third-order valence-electron chi connectivity index (χ3n) is 8.29. The van der Waals surface area contributed by atoms with Gasteiger partial charge < -0.3 is 24.4 Å². The molecule has 3 aliphatic heterocycles. The Bertz CT molecular complexity index is 1320. The summed E-state index contributed by atoms with van der Waals surface area (Å²) in [6, 6.07) is 12.8. The minimum atomic E-state index is -1.18. The van der Waals surface area contributed by atoms with Gasteiger partial charge >= 0.3 is 5.97 Å². The molecule has 1 spiro atoms. The molecule has 0 saturated carbocycles. The molecule has 2 bridgehead atoms. The van der Waals surface area contributed by atoms with Crippen LogP contribution in [0.5, 0.6) is 0 Å². The molecule has 3 fully saturated rings. The van der Waals surface area contributed by atoms with E-state index in [1.807, 2.05) is 42.5 Å². The van der Waals surface area contributed by atoms with Crippen molar-refractivity contribution in [3.8, 4) is 0 Å². The summed E-state index contributed by atoms with van der Waals surface area (Å²) in [4.78, 5) is 45.0. The molecule has 9 heteroatoms. The van der Waals surface area contributed by atoms with Crippen LogP contribution in [0, 0.1) is 11.8 Å². The Labute approximate surface area is 242 Å². The number of likely N-dealkylation sites (tertiary alicyclic amines) is 1. The zero-order valence-corrected chi connectivity index (χ0v) is 24.0. The molecule has 5 rings (SSSR count). The molecule has 2 aromatic carbocycles. The van der Waals surface area contributed by atoms with Crippen LogP contribution in [0.2, 0.25) is 0 Å². The lowest BCUT2D eigenvalue weighted by Gasteiger charge is -2.37. The zero-order valence-electron chi connectivity index (χ0n) is 22.4.